The average Bonchev–Trinajstić information content (AvgIpc) is 2.96. The number of alkyl halides is 3. The molecule has 10 heteroatoms. The second-order valence-corrected chi connectivity index (χ2v) is 10.6. The maximum Gasteiger partial charge on any atom is 0.416 e. The SMILES string of the molecule is CC(C)(C)S(=O)(=O)NC1CCC(Oc2nc3ccc(C(F)(F)F)cc3[nH]2)CC1. The highest BCUT2D eigenvalue weighted by molar-refractivity contribution is 7.90. The molecule has 2 aromatic rings. The number of benzene rings is 1. The molecule has 156 valence electrons. The summed E-state index contributed by atoms with van der Waals surface area (Å²) in [7, 11) is -3.41. The molecule has 0 atom stereocenters. The van der Waals surface area contributed by atoms with Crippen LogP contribution in [-0.4, -0.2) is 35.3 Å². The molecule has 1 aromatic heterocycles. The van der Waals surface area contributed by atoms with Gasteiger partial charge < -0.3 is 9.72 Å². The van der Waals surface area contributed by atoms with Gasteiger partial charge in [0.15, 0.2) is 0 Å². The minimum Gasteiger partial charge on any atom is -0.461 e. The number of hydrogen-bond donors (Lipinski definition) is 2. The van der Waals surface area contributed by atoms with Crippen LogP contribution in [-0.2, 0) is 16.2 Å². The van der Waals surface area contributed by atoms with Gasteiger partial charge in [0, 0.05) is 6.04 Å². The van der Waals surface area contributed by atoms with Gasteiger partial charge >= 0.3 is 6.18 Å². The van der Waals surface area contributed by atoms with E-state index in [9.17, 15) is 21.6 Å². The predicted octanol–water partition coefficient (Wildman–Crippen LogP) is 3.99. The largest absolute Gasteiger partial charge is 0.461 e. The Labute approximate surface area is 161 Å². The van der Waals surface area contributed by atoms with Gasteiger partial charge in [-0.3, -0.25) is 0 Å². The number of nitrogens with one attached hydrogen (secondary N) is 2. The summed E-state index contributed by atoms with van der Waals surface area (Å²) in [5, 5.41) is 0. The zero-order valence-corrected chi connectivity index (χ0v) is 16.7. The lowest BCUT2D eigenvalue weighted by Gasteiger charge is -2.31. The number of sulfonamides is 1. The van der Waals surface area contributed by atoms with Crippen LogP contribution in [0.15, 0.2) is 18.2 Å². The van der Waals surface area contributed by atoms with Gasteiger partial charge in [0.25, 0.3) is 6.01 Å². The molecule has 0 saturated heterocycles. The van der Waals surface area contributed by atoms with Crippen LogP contribution in [0.4, 0.5) is 13.2 Å². The first-order valence-electron chi connectivity index (χ1n) is 9.11. The summed E-state index contributed by atoms with van der Waals surface area (Å²) < 4.78 is 70.6. The van der Waals surface area contributed by atoms with E-state index in [2.05, 4.69) is 14.7 Å². The van der Waals surface area contributed by atoms with Crippen molar-refractivity contribution in [3.63, 3.8) is 0 Å². The maximum atomic E-state index is 12.8. The van der Waals surface area contributed by atoms with E-state index in [1.165, 1.54) is 6.07 Å². The average molecular weight is 419 g/mol. The lowest BCUT2D eigenvalue weighted by Crippen LogP contribution is -2.46. The quantitative estimate of drug-likeness (QED) is 0.785. The number of H-pyrrole nitrogens is 1. The van der Waals surface area contributed by atoms with Crippen LogP contribution in [0.5, 0.6) is 6.01 Å². The van der Waals surface area contributed by atoms with E-state index in [1.54, 1.807) is 20.8 Å². The molecular weight excluding hydrogens is 395 g/mol. The van der Waals surface area contributed by atoms with Crippen LogP contribution >= 0.6 is 0 Å². The van der Waals surface area contributed by atoms with Gasteiger partial charge in [0.2, 0.25) is 10.0 Å². The third-order valence-corrected chi connectivity index (χ3v) is 7.12. The van der Waals surface area contributed by atoms with Crippen molar-refractivity contribution in [2.24, 2.45) is 0 Å². The summed E-state index contributed by atoms with van der Waals surface area (Å²) in [6.45, 7) is 4.95. The smallest absolute Gasteiger partial charge is 0.416 e. The fourth-order valence-electron chi connectivity index (χ4n) is 3.07. The molecule has 1 fully saturated rings. The summed E-state index contributed by atoms with van der Waals surface area (Å²) in [6, 6.07) is 3.33. The van der Waals surface area contributed by atoms with Gasteiger partial charge in [-0.1, -0.05) is 0 Å². The Morgan fingerprint density at radius 1 is 1.14 bits per heavy atom. The van der Waals surface area contributed by atoms with Crippen LogP contribution in [0.25, 0.3) is 11.0 Å². The molecule has 0 aliphatic heterocycles. The van der Waals surface area contributed by atoms with Crippen LogP contribution in [0.1, 0.15) is 52.0 Å². The van der Waals surface area contributed by atoms with Crippen molar-refractivity contribution in [3.8, 4) is 6.01 Å². The van der Waals surface area contributed by atoms with Crippen molar-refractivity contribution in [2.75, 3.05) is 0 Å². The van der Waals surface area contributed by atoms with Crippen molar-refractivity contribution in [3.05, 3.63) is 23.8 Å². The molecule has 0 radical (unpaired) electrons. The van der Waals surface area contributed by atoms with Gasteiger partial charge in [0.1, 0.15) is 6.10 Å². The highest BCUT2D eigenvalue weighted by Gasteiger charge is 2.33. The van der Waals surface area contributed by atoms with Crippen molar-refractivity contribution in [1.29, 1.82) is 0 Å². The molecule has 1 saturated carbocycles. The topological polar surface area (TPSA) is 84.1 Å². The van der Waals surface area contributed by atoms with Crippen molar-refractivity contribution >= 4 is 21.1 Å². The minimum absolute atomic E-state index is 0.144. The summed E-state index contributed by atoms with van der Waals surface area (Å²) >= 11 is 0. The zero-order valence-electron chi connectivity index (χ0n) is 15.9. The highest BCUT2D eigenvalue weighted by Crippen LogP contribution is 2.32. The van der Waals surface area contributed by atoms with Crippen LogP contribution in [0.2, 0.25) is 0 Å². The van der Waals surface area contributed by atoms with Gasteiger partial charge in [0.05, 0.1) is 21.3 Å². The number of imidazole rings is 1. The summed E-state index contributed by atoms with van der Waals surface area (Å²) in [6.07, 6.45) is -2.08. The number of ether oxygens (including phenoxy) is 1. The fourth-order valence-corrected chi connectivity index (χ4v) is 4.10. The number of aromatic nitrogens is 2. The van der Waals surface area contributed by atoms with Crippen LogP contribution in [0, 0.1) is 0 Å². The van der Waals surface area contributed by atoms with E-state index in [0.717, 1.165) is 12.1 Å². The number of nitrogens with zero attached hydrogens (tertiary/aromatic N) is 1. The number of hydrogen-bond acceptors (Lipinski definition) is 4. The fraction of sp³-hybridized carbons (Fsp3) is 0.611. The van der Waals surface area contributed by atoms with Gasteiger partial charge in [-0.15, -0.1) is 0 Å². The van der Waals surface area contributed by atoms with Crippen molar-refractivity contribution < 1.29 is 26.3 Å². The van der Waals surface area contributed by atoms with E-state index < -0.39 is 26.5 Å². The van der Waals surface area contributed by atoms with E-state index in [4.69, 9.17) is 4.74 Å². The molecule has 0 bridgehead atoms. The molecule has 1 aromatic carbocycles. The maximum absolute atomic E-state index is 12.8. The number of rotatable bonds is 4. The third-order valence-electron chi connectivity index (χ3n) is 4.87. The molecule has 0 spiro atoms. The molecule has 6 nitrogen and oxygen atoms in total. The van der Waals surface area contributed by atoms with Crippen LogP contribution in [0.3, 0.4) is 0 Å². The number of fused-ring (bicyclic) bond motifs is 1. The van der Waals surface area contributed by atoms with E-state index >= 15 is 0 Å². The molecule has 0 amide bonds. The standard InChI is InChI=1S/C18H24F3N3O3S/c1-17(2,3)28(25,26)24-12-5-7-13(8-6-12)27-16-22-14-9-4-11(18(19,20)21)10-15(14)23-16/h4,9-10,12-13,24H,5-8H2,1-3H3,(H,22,23). The molecule has 3 rings (SSSR count). The Bertz CT molecular complexity index is 940. The Morgan fingerprint density at radius 2 is 1.79 bits per heavy atom. The third kappa shape index (κ3) is 4.60. The monoisotopic (exact) mass is 419 g/mol. The highest BCUT2D eigenvalue weighted by atomic mass is 32.2. The molecule has 1 aliphatic carbocycles. The number of aromatic amines is 1. The first-order valence-corrected chi connectivity index (χ1v) is 10.6. The van der Waals surface area contributed by atoms with Gasteiger partial charge in [-0.05, 0) is 64.7 Å². The lowest BCUT2D eigenvalue weighted by molar-refractivity contribution is -0.137. The van der Waals surface area contributed by atoms with E-state index in [0.29, 0.717) is 31.2 Å². The number of halogens is 3. The molecule has 0 unspecified atom stereocenters. The second kappa shape index (κ2) is 7.22. The molecule has 1 heterocycles. The molecule has 28 heavy (non-hydrogen) atoms. The minimum atomic E-state index is -4.42. The van der Waals surface area contributed by atoms with E-state index in [1.807, 2.05) is 0 Å². The molecule has 1 aliphatic rings. The van der Waals surface area contributed by atoms with Crippen molar-refractivity contribution in [2.45, 2.75) is 69.5 Å². The normalized spacial score (nSPS) is 21.8. The summed E-state index contributed by atoms with van der Waals surface area (Å²) in [5.41, 5.74) is -0.0899. The summed E-state index contributed by atoms with van der Waals surface area (Å²) in [5.74, 6) is 0. The molecular formula is C18H24F3N3O3S. The predicted molar refractivity (Wildman–Crippen MR) is 99.6 cm³/mol. The van der Waals surface area contributed by atoms with E-state index in [-0.39, 0.29) is 23.7 Å². The molecule has 2 N–H and O–H groups in total. The Morgan fingerprint density at radius 3 is 2.36 bits per heavy atom. The first-order chi connectivity index (χ1) is 12.8. The van der Waals surface area contributed by atoms with Crippen LogP contribution < -0.4 is 9.46 Å². The van der Waals surface area contributed by atoms with Crippen molar-refractivity contribution in [1.82, 2.24) is 14.7 Å². The Hall–Kier alpha value is -1.81. The summed E-state index contributed by atoms with van der Waals surface area (Å²) in [4.78, 5) is 6.96. The van der Waals surface area contributed by atoms with Gasteiger partial charge in [-0.2, -0.15) is 18.2 Å². The second-order valence-electron chi connectivity index (χ2n) is 8.10. The van der Waals surface area contributed by atoms with Gasteiger partial charge in [-0.25, -0.2) is 13.1 Å². The zero-order chi connectivity index (χ0) is 20.7. The lowest BCUT2D eigenvalue weighted by atomic mass is 9.94. The Balaban J connectivity index is 1.60. The Kier molecular flexibility index (Phi) is 5.39. The first kappa shape index (κ1) is 20.9.